The van der Waals surface area contributed by atoms with Crippen molar-refractivity contribution in [2.45, 2.75) is 26.0 Å². The van der Waals surface area contributed by atoms with Crippen molar-refractivity contribution in [3.05, 3.63) is 33.8 Å². The second-order valence-corrected chi connectivity index (χ2v) is 6.24. The van der Waals surface area contributed by atoms with Gasteiger partial charge in [0.05, 0.1) is 6.10 Å². The van der Waals surface area contributed by atoms with Gasteiger partial charge in [0.15, 0.2) is 0 Å². The van der Waals surface area contributed by atoms with Crippen LogP contribution in [0.15, 0.2) is 18.2 Å². The first kappa shape index (κ1) is 19.0. The lowest BCUT2D eigenvalue weighted by atomic mass is 10.1. The number of aliphatic hydroxyl groups excluding tert-OH is 1. The molecule has 5 nitrogen and oxygen atoms in total. The highest BCUT2D eigenvalue weighted by Gasteiger charge is 2.13. The maximum atomic E-state index is 11.7. The van der Waals surface area contributed by atoms with Crippen LogP contribution in [-0.2, 0) is 0 Å². The quantitative estimate of drug-likeness (QED) is 0.710. The number of halogens is 2. The van der Waals surface area contributed by atoms with E-state index in [0.29, 0.717) is 28.2 Å². The number of aliphatic hydroxyl groups is 1. The van der Waals surface area contributed by atoms with E-state index in [2.05, 4.69) is 29.4 Å². The van der Waals surface area contributed by atoms with Gasteiger partial charge >= 0.3 is 6.03 Å². The smallest absolute Gasteiger partial charge is 0.314 e. The molecular weight excluding hydrogens is 325 g/mol. The third-order valence-electron chi connectivity index (χ3n) is 3.41. The van der Waals surface area contributed by atoms with Crippen molar-refractivity contribution < 1.29 is 9.90 Å². The molecule has 124 valence electrons. The van der Waals surface area contributed by atoms with E-state index in [1.807, 2.05) is 7.05 Å². The average Bonchev–Trinajstić information content (AvgIpc) is 2.44. The number of nitrogens with zero attached hydrogens (tertiary/aromatic N) is 1. The molecule has 0 aliphatic carbocycles. The summed E-state index contributed by atoms with van der Waals surface area (Å²) in [7, 11) is 2.00. The lowest BCUT2D eigenvalue weighted by molar-refractivity contribution is 0.173. The molecule has 1 aromatic carbocycles. The molecule has 0 radical (unpaired) electrons. The third kappa shape index (κ3) is 6.40. The minimum absolute atomic E-state index is 0.0766. The molecule has 0 saturated carbocycles. The van der Waals surface area contributed by atoms with Crippen molar-refractivity contribution in [2.75, 3.05) is 26.7 Å². The Labute approximate surface area is 141 Å². The van der Waals surface area contributed by atoms with Gasteiger partial charge in [0.2, 0.25) is 0 Å². The Morgan fingerprint density at radius 3 is 2.59 bits per heavy atom. The number of rotatable bonds is 7. The standard InChI is InChI=1S/C15H23Cl2N3O2/c1-10(2)20(3)7-6-18-15(22)19-9-14(21)12-5-4-11(16)8-13(12)17/h4-5,8,10,14,21H,6-7,9H2,1-3H3,(H2,18,19,22). The van der Waals surface area contributed by atoms with E-state index in [1.165, 1.54) is 0 Å². The summed E-state index contributed by atoms with van der Waals surface area (Å²) in [5, 5.41) is 16.3. The summed E-state index contributed by atoms with van der Waals surface area (Å²) in [4.78, 5) is 13.8. The second-order valence-electron chi connectivity index (χ2n) is 5.39. The number of amides is 2. The Morgan fingerprint density at radius 1 is 1.32 bits per heavy atom. The molecule has 3 N–H and O–H groups in total. The van der Waals surface area contributed by atoms with Crippen LogP contribution in [0.1, 0.15) is 25.5 Å². The van der Waals surface area contributed by atoms with Crippen LogP contribution >= 0.6 is 23.2 Å². The molecule has 0 heterocycles. The summed E-state index contributed by atoms with van der Waals surface area (Å²) < 4.78 is 0. The summed E-state index contributed by atoms with van der Waals surface area (Å²) in [6.45, 7) is 5.56. The average molecular weight is 348 g/mol. The first-order valence-electron chi connectivity index (χ1n) is 7.16. The molecule has 1 rings (SSSR count). The van der Waals surface area contributed by atoms with Gasteiger partial charge in [0.1, 0.15) is 0 Å². The van der Waals surface area contributed by atoms with Crippen LogP contribution in [0.3, 0.4) is 0 Å². The molecule has 1 aromatic rings. The maximum absolute atomic E-state index is 11.7. The zero-order valence-electron chi connectivity index (χ0n) is 13.1. The Kier molecular flexibility index (Phi) is 7.96. The van der Waals surface area contributed by atoms with Gasteiger partial charge in [0, 0.05) is 41.3 Å². The number of benzene rings is 1. The highest BCUT2D eigenvalue weighted by atomic mass is 35.5. The molecule has 0 bridgehead atoms. The van der Waals surface area contributed by atoms with Crippen LogP contribution in [0, 0.1) is 0 Å². The number of carbonyl (C=O) groups is 1. The van der Waals surface area contributed by atoms with E-state index in [1.54, 1.807) is 18.2 Å². The molecule has 0 aliphatic heterocycles. The molecule has 0 spiro atoms. The zero-order valence-corrected chi connectivity index (χ0v) is 14.6. The fourth-order valence-electron chi connectivity index (χ4n) is 1.74. The van der Waals surface area contributed by atoms with Crippen molar-refractivity contribution in [1.82, 2.24) is 15.5 Å². The van der Waals surface area contributed by atoms with E-state index in [4.69, 9.17) is 23.2 Å². The van der Waals surface area contributed by atoms with Crippen LogP contribution < -0.4 is 10.6 Å². The molecule has 0 aromatic heterocycles. The molecule has 0 saturated heterocycles. The van der Waals surface area contributed by atoms with Crippen LogP contribution in [0.2, 0.25) is 10.0 Å². The van der Waals surface area contributed by atoms with Crippen molar-refractivity contribution >= 4 is 29.2 Å². The van der Waals surface area contributed by atoms with E-state index < -0.39 is 6.10 Å². The minimum Gasteiger partial charge on any atom is -0.387 e. The van der Waals surface area contributed by atoms with Gasteiger partial charge in [-0.25, -0.2) is 4.79 Å². The van der Waals surface area contributed by atoms with Crippen LogP contribution in [-0.4, -0.2) is 48.8 Å². The number of likely N-dealkylation sites (N-methyl/N-ethyl adjacent to an activating group) is 1. The van der Waals surface area contributed by atoms with Gasteiger partial charge in [-0.2, -0.15) is 0 Å². The number of hydrogen-bond acceptors (Lipinski definition) is 3. The second kappa shape index (κ2) is 9.20. The normalized spacial score (nSPS) is 12.5. The van der Waals surface area contributed by atoms with E-state index >= 15 is 0 Å². The predicted molar refractivity (Wildman–Crippen MR) is 90.6 cm³/mol. The number of nitrogens with one attached hydrogen (secondary N) is 2. The van der Waals surface area contributed by atoms with Gasteiger partial charge in [-0.3, -0.25) is 0 Å². The van der Waals surface area contributed by atoms with E-state index in [9.17, 15) is 9.90 Å². The van der Waals surface area contributed by atoms with Crippen molar-refractivity contribution in [3.63, 3.8) is 0 Å². The Morgan fingerprint density at radius 2 is 2.00 bits per heavy atom. The molecule has 2 amide bonds. The van der Waals surface area contributed by atoms with Crippen LogP contribution in [0.5, 0.6) is 0 Å². The Balaban J connectivity index is 2.34. The SMILES string of the molecule is CC(C)N(C)CCNC(=O)NCC(O)c1ccc(Cl)cc1Cl. The predicted octanol–water partition coefficient (Wildman–Crippen LogP) is 2.67. The fraction of sp³-hybridized carbons (Fsp3) is 0.533. The van der Waals surface area contributed by atoms with Crippen molar-refractivity contribution in [1.29, 1.82) is 0 Å². The topological polar surface area (TPSA) is 64.6 Å². The summed E-state index contributed by atoms with van der Waals surface area (Å²) in [6, 6.07) is 4.96. The zero-order chi connectivity index (χ0) is 16.7. The highest BCUT2D eigenvalue weighted by Crippen LogP contribution is 2.25. The van der Waals surface area contributed by atoms with Crippen molar-refractivity contribution in [3.8, 4) is 0 Å². The maximum Gasteiger partial charge on any atom is 0.314 e. The molecule has 0 fully saturated rings. The molecule has 7 heteroatoms. The van der Waals surface area contributed by atoms with Crippen LogP contribution in [0.25, 0.3) is 0 Å². The Hall–Kier alpha value is -1.01. The third-order valence-corrected chi connectivity index (χ3v) is 3.97. The lowest BCUT2D eigenvalue weighted by Gasteiger charge is -2.21. The minimum atomic E-state index is -0.881. The highest BCUT2D eigenvalue weighted by molar-refractivity contribution is 6.35. The summed E-state index contributed by atoms with van der Waals surface area (Å²) >= 11 is 11.8. The van der Waals surface area contributed by atoms with E-state index in [0.717, 1.165) is 6.54 Å². The first-order valence-corrected chi connectivity index (χ1v) is 7.91. The molecular formula is C15H23Cl2N3O2. The van der Waals surface area contributed by atoms with E-state index in [-0.39, 0.29) is 12.6 Å². The number of urea groups is 1. The molecule has 0 aliphatic rings. The summed E-state index contributed by atoms with van der Waals surface area (Å²) in [5.74, 6) is 0. The van der Waals surface area contributed by atoms with Crippen molar-refractivity contribution in [2.24, 2.45) is 0 Å². The first-order chi connectivity index (χ1) is 10.3. The van der Waals surface area contributed by atoms with Crippen LogP contribution in [0.4, 0.5) is 4.79 Å². The largest absolute Gasteiger partial charge is 0.387 e. The number of hydrogen-bond donors (Lipinski definition) is 3. The Bertz CT molecular complexity index is 498. The van der Waals surface area contributed by atoms with Gasteiger partial charge in [0.25, 0.3) is 0 Å². The number of carbonyl (C=O) groups excluding carboxylic acids is 1. The summed E-state index contributed by atoms with van der Waals surface area (Å²) in [5.41, 5.74) is 0.533. The lowest BCUT2D eigenvalue weighted by Crippen LogP contribution is -2.42. The van der Waals surface area contributed by atoms with Gasteiger partial charge < -0.3 is 20.6 Å². The molecule has 1 atom stereocenters. The fourth-order valence-corrected chi connectivity index (χ4v) is 2.27. The monoisotopic (exact) mass is 347 g/mol. The molecule has 22 heavy (non-hydrogen) atoms. The summed E-state index contributed by atoms with van der Waals surface area (Å²) in [6.07, 6.45) is -0.881. The van der Waals surface area contributed by atoms with Gasteiger partial charge in [-0.05, 0) is 33.0 Å². The molecule has 1 unspecified atom stereocenters. The van der Waals surface area contributed by atoms with Gasteiger partial charge in [-0.1, -0.05) is 29.3 Å². The van der Waals surface area contributed by atoms with Gasteiger partial charge in [-0.15, -0.1) is 0 Å².